The summed E-state index contributed by atoms with van der Waals surface area (Å²) in [6.45, 7) is 0. The van der Waals surface area contributed by atoms with Gasteiger partial charge in [0.1, 0.15) is 32.5 Å². The molecule has 0 aliphatic carbocycles. The third-order valence-electron chi connectivity index (χ3n) is 0. The van der Waals surface area contributed by atoms with Crippen molar-refractivity contribution in [2.24, 2.45) is 0 Å². The first kappa shape index (κ1) is 15.9. The molecule has 0 spiro atoms. The van der Waals surface area contributed by atoms with Gasteiger partial charge in [0.05, 0.1) is 0 Å². The van der Waals surface area contributed by atoms with E-state index in [2.05, 4.69) is 35.4 Å². The van der Waals surface area contributed by atoms with Crippen molar-refractivity contribution in [3.05, 3.63) is 0 Å². The Morgan fingerprint density at radius 1 is 1.20 bits per heavy atom. The van der Waals surface area contributed by atoms with Crippen LogP contribution in [-0.2, 0) is 2.92 Å². The van der Waals surface area contributed by atoms with Gasteiger partial charge in [-0.15, -0.1) is 0 Å². The number of hydrogen-bond acceptors (Lipinski definition) is 1. The molecule has 0 aromatic carbocycles. The van der Waals surface area contributed by atoms with Crippen molar-refractivity contribution in [1.29, 1.82) is 0 Å². The van der Waals surface area contributed by atoms with Gasteiger partial charge in [-0.3, -0.25) is 0 Å². The molecule has 0 heterocycles. The zero-order valence-electron chi connectivity index (χ0n) is 2.37. The SMILES string of the molecule is BrOBr.O.[BiH3]. The van der Waals surface area contributed by atoms with Gasteiger partial charge in [-0.1, -0.05) is 0 Å². The molecule has 0 bridgehead atoms. The number of hydrogen-bond donors (Lipinski definition) is 0. The minimum atomic E-state index is 0. The van der Waals surface area contributed by atoms with Crippen LogP contribution in [-0.4, -0.2) is 31.7 Å². The summed E-state index contributed by atoms with van der Waals surface area (Å²) >= 11 is 5.12. The molecular formula is H5BiBr2O2. The molecule has 0 aromatic rings. The molecule has 0 unspecified atom stereocenters. The molecule has 0 atom stereocenters. The van der Waals surface area contributed by atoms with Gasteiger partial charge >= 0.3 is 26.2 Å². The van der Waals surface area contributed by atoms with Crippen LogP contribution in [0, 0.1) is 0 Å². The van der Waals surface area contributed by atoms with Gasteiger partial charge in [-0.05, 0) is 0 Å². The summed E-state index contributed by atoms with van der Waals surface area (Å²) in [5.41, 5.74) is 0. The van der Waals surface area contributed by atoms with Gasteiger partial charge in [0.15, 0.2) is 0 Å². The number of halogens is 2. The minimum absolute atomic E-state index is 0. The summed E-state index contributed by atoms with van der Waals surface area (Å²) in [4.78, 5) is 0. The molecule has 0 aromatic heterocycles. The third kappa shape index (κ3) is 26.3. The summed E-state index contributed by atoms with van der Waals surface area (Å²) in [5.74, 6) is 0. The summed E-state index contributed by atoms with van der Waals surface area (Å²) in [7, 11) is 0. The van der Waals surface area contributed by atoms with Crippen LogP contribution < -0.4 is 0 Å². The fraction of sp³-hybridized carbons (Fsp3) is 0. The molecule has 0 saturated heterocycles. The van der Waals surface area contributed by atoms with E-state index in [0.29, 0.717) is 0 Å². The molecule has 0 amide bonds. The Balaban J connectivity index is -0.0000000200. The summed E-state index contributed by atoms with van der Waals surface area (Å²) < 4.78 is 3.88. The average molecular weight is 406 g/mol. The summed E-state index contributed by atoms with van der Waals surface area (Å²) in [5, 5.41) is 0. The van der Waals surface area contributed by atoms with Crippen molar-refractivity contribution >= 4 is 58.7 Å². The van der Waals surface area contributed by atoms with Gasteiger partial charge < -0.3 is 5.48 Å². The molecule has 0 aliphatic rings. The van der Waals surface area contributed by atoms with Crippen LogP contribution in [0.15, 0.2) is 0 Å². The predicted octanol–water partition coefficient (Wildman–Crippen LogP) is -0.386. The predicted molar refractivity (Wildman–Crippen MR) is 32.5 cm³/mol. The van der Waals surface area contributed by atoms with Gasteiger partial charge in [0.2, 0.25) is 0 Å². The van der Waals surface area contributed by atoms with Gasteiger partial charge in [0.25, 0.3) is 0 Å². The fourth-order valence-corrected chi connectivity index (χ4v) is 0. The van der Waals surface area contributed by atoms with Crippen LogP contribution in [0.1, 0.15) is 0 Å². The zero-order valence-corrected chi connectivity index (χ0v) is 11.0. The maximum atomic E-state index is 3.88. The maximum absolute atomic E-state index is 3.88. The average Bonchev–Trinajstić information content (AvgIpc) is 0.918. The molecule has 2 nitrogen and oxygen atoms in total. The molecule has 0 aliphatic heterocycles. The van der Waals surface area contributed by atoms with E-state index in [-0.39, 0.29) is 31.7 Å². The molecule has 0 fully saturated rings. The first-order valence-corrected chi connectivity index (χ1v) is 1.60. The van der Waals surface area contributed by atoms with Crippen LogP contribution in [0.25, 0.3) is 0 Å². The Hall–Kier alpha value is 1.76. The van der Waals surface area contributed by atoms with Crippen LogP contribution in [0.5, 0.6) is 0 Å². The standard InChI is InChI=1S/Bi.Br2O.H2O.3H/c;1-3-2;;;;/h;;1H2;;;. The van der Waals surface area contributed by atoms with E-state index in [4.69, 9.17) is 0 Å². The van der Waals surface area contributed by atoms with E-state index in [1.165, 1.54) is 0 Å². The van der Waals surface area contributed by atoms with Crippen LogP contribution in [0.2, 0.25) is 0 Å². The fourth-order valence-electron chi connectivity index (χ4n) is 0. The van der Waals surface area contributed by atoms with E-state index >= 15 is 0 Å². The Morgan fingerprint density at radius 3 is 1.20 bits per heavy atom. The van der Waals surface area contributed by atoms with Crippen molar-refractivity contribution in [2.75, 3.05) is 0 Å². The normalized spacial score (nSPS) is 3.60. The Morgan fingerprint density at radius 2 is 1.20 bits per heavy atom. The summed E-state index contributed by atoms with van der Waals surface area (Å²) in [6, 6.07) is 0. The zero-order chi connectivity index (χ0) is 2.71. The van der Waals surface area contributed by atoms with Crippen molar-refractivity contribution < 1.29 is 8.40 Å². The van der Waals surface area contributed by atoms with Crippen molar-refractivity contribution in [1.82, 2.24) is 0 Å². The van der Waals surface area contributed by atoms with E-state index in [0.717, 1.165) is 0 Å². The molecule has 5 heavy (non-hydrogen) atoms. The Bertz CT molecular complexity index is 7.61. The van der Waals surface area contributed by atoms with E-state index in [1.54, 1.807) is 0 Å². The van der Waals surface area contributed by atoms with E-state index < -0.39 is 0 Å². The second kappa shape index (κ2) is 17.1. The number of rotatable bonds is 0. The molecule has 5 heteroatoms. The molecule has 36 valence electrons. The Kier molecular flexibility index (Phi) is 54.3. The van der Waals surface area contributed by atoms with Crippen molar-refractivity contribution in [2.45, 2.75) is 0 Å². The van der Waals surface area contributed by atoms with E-state index in [9.17, 15) is 0 Å². The van der Waals surface area contributed by atoms with Crippen molar-refractivity contribution in [3.63, 3.8) is 0 Å². The summed E-state index contributed by atoms with van der Waals surface area (Å²) in [6.07, 6.45) is 0. The monoisotopic (exact) mass is 404 g/mol. The van der Waals surface area contributed by atoms with Crippen LogP contribution in [0.4, 0.5) is 0 Å². The second-order valence-corrected chi connectivity index (χ2v) is 1.57. The second-order valence-electron chi connectivity index (χ2n) is 0.0583. The van der Waals surface area contributed by atoms with Crippen molar-refractivity contribution in [3.8, 4) is 0 Å². The molecule has 0 radical (unpaired) electrons. The Labute approximate surface area is 66.6 Å². The van der Waals surface area contributed by atoms with Gasteiger partial charge in [0, 0.05) is 0 Å². The molecular weight excluding hydrogens is 401 g/mol. The molecule has 2 N–H and O–H groups in total. The quantitative estimate of drug-likeness (QED) is 0.506. The first-order chi connectivity index (χ1) is 1.41. The van der Waals surface area contributed by atoms with E-state index in [1.807, 2.05) is 0 Å². The van der Waals surface area contributed by atoms with Crippen LogP contribution >= 0.6 is 32.5 Å². The van der Waals surface area contributed by atoms with Gasteiger partial charge in [-0.25, -0.2) is 2.92 Å². The molecule has 0 saturated carbocycles. The first-order valence-electron chi connectivity index (χ1n) is 0.309. The van der Waals surface area contributed by atoms with Gasteiger partial charge in [-0.2, -0.15) is 0 Å². The third-order valence-corrected chi connectivity index (χ3v) is 0. The molecule has 0 rings (SSSR count). The topological polar surface area (TPSA) is 40.7 Å². The van der Waals surface area contributed by atoms with Crippen LogP contribution in [0.3, 0.4) is 0 Å².